The zero-order chi connectivity index (χ0) is 27.8. The first kappa shape index (κ1) is 27.5. The number of benzene rings is 1. The number of aromatic nitrogens is 1. The van der Waals surface area contributed by atoms with Gasteiger partial charge in [-0.15, -0.1) is 6.58 Å². The van der Waals surface area contributed by atoms with Crippen LogP contribution in [0.3, 0.4) is 0 Å². The number of nitrogens with one attached hydrogen (secondary N) is 2. The first-order valence-corrected chi connectivity index (χ1v) is 12.9. The number of carbonyl (C=O) groups is 1. The number of hydrogen-bond donors (Lipinski definition) is 6. The number of fused-ring (bicyclic) bond motifs is 3. The Morgan fingerprint density at radius 2 is 1.95 bits per heavy atom. The zero-order valence-electron chi connectivity index (χ0n) is 21.8. The average molecular weight is 544 g/mol. The Balaban J connectivity index is 1.46. The van der Waals surface area contributed by atoms with Crippen LogP contribution in [0.1, 0.15) is 23.7 Å². The standard InChI is InChI=1S/C28H34N2O9/c1-4-14-17(11-20-22-16(9-10-30(20)2)15-7-5-6-8-19(15)29-22)18(26(35)36-3)13-37-27(14)39-28-25(34)24(33)23(32)21(12-31)38-28/h4-10,13-14,17,20-21,23-25,27-29,31-34H,1,11-12H2,2-3H3/p+1/t14-,17+,20?,21-,23-,24+,25-,27+,28+/m1/s1. The monoisotopic (exact) mass is 543 g/mol. The molecule has 2 aromatic rings. The van der Waals surface area contributed by atoms with Crippen molar-refractivity contribution in [3.8, 4) is 0 Å². The fourth-order valence-corrected chi connectivity index (χ4v) is 5.78. The fraction of sp³-hybridized carbons (Fsp3) is 0.464. The molecular weight excluding hydrogens is 508 g/mol. The van der Waals surface area contributed by atoms with Crippen molar-refractivity contribution < 1.29 is 49.1 Å². The highest BCUT2D eigenvalue weighted by Crippen LogP contribution is 2.41. The van der Waals surface area contributed by atoms with Gasteiger partial charge in [0.25, 0.3) is 0 Å². The van der Waals surface area contributed by atoms with Crippen molar-refractivity contribution in [2.24, 2.45) is 11.8 Å². The average Bonchev–Trinajstić information content (AvgIpc) is 3.33. The van der Waals surface area contributed by atoms with Gasteiger partial charge in [0.05, 0.1) is 44.5 Å². The maximum atomic E-state index is 12.8. The van der Waals surface area contributed by atoms with Crippen LogP contribution in [-0.4, -0.2) is 89.1 Å². The number of para-hydroxylation sites is 1. The molecule has 2 unspecified atom stereocenters. The molecule has 0 radical (unpaired) electrons. The van der Waals surface area contributed by atoms with Crippen LogP contribution in [0.5, 0.6) is 0 Å². The molecular formula is C28H35N2O9+. The number of hydrogen-bond acceptors (Lipinski definition) is 9. The van der Waals surface area contributed by atoms with Gasteiger partial charge in [-0.1, -0.05) is 24.3 Å². The Labute approximate surface area is 225 Å². The molecule has 10 atom stereocenters. The van der Waals surface area contributed by atoms with E-state index >= 15 is 0 Å². The number of carbonyl (C=O) groups excluding carboxylic acids is 1. The highest BCUT2D eigenvalue weighted by Gasteiger charge is 2.48. The van der Waals surface area contributed by atoms with Gasteiger partial charge in [0.1, 0.15) is 30.5 Å². The number of aliphatic hydroxyl groups excluding tert-OH is 4. The van der Waals surface area contributed by atoms with E-state index in [-0.39, 0.29) is 6.04 Å². The summed E-state index contributed by atoms with van der Waals surface area (Å²) in [7, 11) is 3.34. The van der Waals surface area contributed by atoms with Gasteiger partial charge >= 0.3 is 5.97 Å². The van der Waals surface area contributed by atoms with E-state index in [9.17, 15) is 25.2 Å². The lowest BCUT2D eigenvalue weighted by Crippen LogP contribution is -3.05. The van der Waals surface area contributed by atoms with Crippen LogP contribution >= 0.6 is 0 Å². The molecule has 0 saturated carbocycles. The molecule has 5 rings (SSSR count). The molecule has 0 amide bonds. The summed E-state index contributed by atoms with van der Waals surface area (Å²) in [6, 6.07) is 8.00. The van der Waals surface area contributed by atoms with Crippen LogP contribution in [0, 0.1) is 11.8 Å². The second-order valence-electron chi connectivity index (χ2n) is 10.2. The molecule has 4 heterocycles. The summed E-state index contributed by atoms with van der Waals surface area (Å²) >= 11 is 0. The number of aliphatic hydroxyl groups is 4. The number of quaternary nitrogens is 1. The molecule has 1 fully saturated rings. The predicted octanol–water partition coefficient (Wildman–Crippen LogP) is -0.254. The van der Waals surface area contributed by atoms with E-state index in [1.165, 1.54) is 13.4 Å². The number of ether oxygens (including phenoxy) is 4. The Hall–Kier alpha value is -3.03. The van der Waals surface area contributed by atoms with Crippen molar-refractivity contribution in [2.45, 2.75) is 49.5 Å². The smallest absolute Gasteiger partial charge is 0.337 e. The van der Waals surface area contributed by atoms with E-state index < -0.39 is 61.4 Å². The first-order valence-electron chi connectivity index (χ1n) is 12.9. The van der Waals surface area contributed by atoms with E-state index in [1.807, 2.05) is 25.2 Å². The van der Waals surface area contributed by atoms with E-state index in [1.54, 1.807) is 6.08 Å². The minimum atomic E-state index is -1.60. The lowest BCUT2D eigenvalue weighted by atomic mass is 9.78. The number of H-pyrrole nitrogens is 1. The van der Waals surface area contributed by atoms with Gasteiger partial charge in [-0.05, 0) is 6.07 Å². The molecule has 11 nitrogen and oxygen atoms in total. The van der Waals surface area contributed by atoms with Crippen LogP contribution < -0.4 is 4.90 Å². The highest BCUT2D eigenvalue weighted by atomic mass is 16.8. The van der Waals surface area contributed by atoms with Gasteiger partial charge in [0, 0.05) is 40.8 Å². The predicted molar refractivity (Wildman–Crippen MR) is 139 cm³/mol. The van der Waals surface area contributed by atoms with Crippen molar-refractivity contribution in [2.75, 3.05) is 20.8 Å². The van der Waals surface area contributed by atoms with Crippen LogP contribution in [0.15, 0.2) is 55.0 Å². The second kappa shape index (κ2) is 11.2. The van der Waals surface area contributed by atoms with Crippen molar-refractivity contribution in [3.05, 3.63) is 66.2 Å². The Bertz CT molecular complexity index is 1270. The topological polar surface area (TPSA) is 155 Å². The van der Waals surface area contributed by atoms with Gasteiger partial charge in [-0.25, -0.2) is 4.79 Å². The summed E-state index contributed by atoms with van der Waals surface area (Å²) in [6.45, 7) is 3.38. The molecule has 0 bridgehead atoms. The van der Waals surface area contributed by atoms with Crippen molar-refractivity contribution in [1.29, 1.82) is 0 Å². The van der Waals surface area contributed by atoms with Crippen molar-refractivity contribution in [1.82, 2.24) is 4.98 Å². The molecule has 1 aromatic carbocycles. The Morgan fingerprint density at radius 1 is 1.18 bits per heavy atom. The molecule has 1 saturated heterocycles. The van der Waals surface area contributed by atoms with E-state index in [0.717, 1.165) is 27.1 Å². The SMILES string of the molecule is C=C[C@H]1[C@H](O[C@@H]2O[C@H](CO)[C@@H](O)[C@H](O)[C@H]2O)OC=C(C(=O)OC)[C@H]1CC1c2[nH]c3ccccc3c2C=C[NH+]1C. The summed E-state index contributed by atoms with van der Waals surface area (Å²) < 4.78 is 22.3. The first-order chi connectivity index (χ1) is 18.8. The molecule has 39 heavy (non-hydrogen) atoms. The van der Waals surface area contributed by atoms with Crippen LogP contribution in [0.2, 0.25) is 0 Å². The zero-order valence-corrected chi connectivity index (χ0v) is 21.8. The van der Waals surface area contributed by atoms with Crippen LogP contribution in [0.4, 0.5) is 0 Å². The third-order valence-corrected chi connectivity index (χ3v) is 7.99. The summed E-state index contributed by atoms with van der Waals surface area (Å²) in [5.41, 5.74) is 3.48. The fourth-order valence-electron chi connectivity index (χ4n) is 5.78. The van der Waals surface area contributed by atoms with Crippen molar-refractivity contribution in [3.63, 3.8) is 0 Å². The third-order valence-electron chi connectivity index (χ3n) is 7.99. The van der Waals surface area contributed by atoms with Crippen molar-refractivity contribution >= 4 is 22.9 Å². The normalized spacial score (nSPS) is 36.1. The summed E-state index contributed by atoms with van der Waals surface area (Å²) in [6.07, 6.45) is -0.735. The van der Waals surface area contributed by atoms with Gasteiger partial charge < -0.3 is 49.3 Å². The Kier molecular flexibility index (Phi) is 7.92. The molecule has 0 aliphatic carbocycles. The van der Waals surface area contributed by atoms with Gasteiger partial charge in [-0.2, -0.15) is 0 Å². The molecule has 1 aromatic heterocycles. The van der Waals surface area contributed by atoms with Gasteiger partial charge in [0.2, 0.25) is 6.29 Å². The minimum absolute atomic E-state index is 0.0658. The molecule has 3 aliphatic heterocycles. The molecule has 6 N–H and O–H groups in total. The van der Waals surface area contributed by atoms with E-state index in [2.05, 4.69) is 29.9 Å². The maximum Gasteiger partial charge on any atom is 0.337 e. The number of aromatic amines is 1. The van der Waals surface area contributed by atoms with Gasteiger partial charge in [-0.3, -0.25) is 0 Å². The lowest BCUT2D eigenvalue weighted by molar-refractivity contribution is -0.861. The maximum absolute atomic E-state index is 12.8. The minimum Gasteiger partial charge on any atom is -0.471 e. The number of esters is 1. The molecule has 11 heteroatoms. The van der Waals surface area contributed by atoms with Crippen LogP contribution in [0.25, 0.3) is 17.0 Å². The third kappa shape index (κ3) is 4.91. The number of methoxy groups -OCH3 is 1. The van der Waals surface area contributed by atoms with E-state index in [0.29, 0.717) is 12.0 Å². The summed E-state index contributed by atoms with van der Waals surface area (Å²) in [5.74, 6) is -1.58. The largest absolute Gasteiger partial charge is 0.471 e. The Morgan fingerprint density at radius 3 is 2.67 bits per heavy atom. The second-order valence-corrected chi connectivity index (χ2v) is 10.2. The molecule has 3 aliphatic rings. The number of rotatable bonds is 7. The molecule has 0 spiro atoms. The van der Waals surface area contributed by atoms with E-state index in [4.69, 9.17) is 18.9 Å². The quantitative estimate of drug-likeness (QED) is 0.205. The molecule has 210 valence electrons. The summed E-state index contributed by atoms with van der Waals surface area (Å²) in [5, 5.41) is 41.5. The lowest BCUT2D eigenvalue weighted by Gasteiger charge is -2.43. The van der Waals surface area contributed by atoms with Crippen LogP contribution in [-0.2, 0) is 23.7 Å². The van der Waals surface area contributed by atoms with Gasteiger partial charge in [0.15, 0.2) is 6.29 Å². The highest BCUT2D eigenvalue weighted by molar-refractivity contribution is 5.91. The summed E-state index contributed by atoms with van der Waals surface area (Å²) in [4.78, 5) is 17.5.